The van der Waals surface area contributed by atoms with Crippen molar-refractivity contribution in [3.05, 3.63) is 0 Å². The highest BCUT2D eigenvalue weighted by Gasteiger charge is 2.38. The normalized spacial score (nSPS) is 37.9. The maximum absolute atomic E-state index is 5.95. The van der Waals surface area contributed by atoms with Crippen molar-refractivity contribution >= 4 is 0 Å². The average molecular weight is 238 g/mol. The molecule has 2 saturated heterocycles. The molecule has 0 aromatic rings. The smallest absolute Gasteiger partial charge is 0.0706 e. The number of nitrogens with one attached hydrogen (secondary N) is 1. The van der Waals surface area contributed by atoms with E-state index < -0.39 is 0 Å². The monoisotopic (exact) mass is 238 g/mol. The Bertz CT molecular complexity index is 263. The topological polar surface area (TPSA) is 24.5 Å². The van der Waals surface area contributed by atoms with E-state index in [0.717, 1.165) is 6.54 Å². The lowest BCUT2D eigenvalue weighted by Crippen LogP contribution is -2.59. The molecule has 0 radical (unpaired) electrons. The Balaban J connectivity index is 1.53. The highest BCUT2D eigenvalue weighted by molar-refractivity contribution is 4.98. The molecule has 3 rings (SSSR count). The molecule has 17 heavy (non-hydrogen) atoms. The number of hydrogen-bond donors (Lipinski definition) is 1. The Morgan fingerprint density at radius 3 is 2.82 bits per heavy atom. The second-order valence-corrected chi connectivity index (χ2v) is 6.30. The van der Waals surface area contributed by atoms with Crippen molar-refractivity contribution in [1.29, 1.82) is 0 Å². The summed E-state index contributed by atoms with van der Waals surface area (Å²) in [7, 11) is 0. The largest absolute Gasteiger partial charge is 0.374 e. The van der Waals surface area contributed by atoms with Gasteiger partial charge in [0.25, 0.3) is 0 Å². The third-order valence-electron chi connectivity index (χ3n) is 4.80. The van der Waals surface area contributed by atoms with E-state index >= 15 is 0 Å². The fraction of sp³-hybridized carbons (Fsp3) is 1.00. The van der Waals surface area contributed by atoms with Crippen molar-refractivity contribution in [3.63, 3.8) is 0 Å². The molecule has 3 heteroatoms. The van der Waals surface area contributed by atoms with Gasteiger partial charge in [-0.2, -0.15) is 0 Å². The summed E-state index contributed by atoms with van der Waals surface area (Å²) in [5.41, 5.74) is 0.461. The molecule has 0 amide bonds. The van der Waals surface area contributed by atoms with Crippen LogP contribution in [-0.4, -0.2) is 48.8 Å². The van der Waals surface area contributed by atoms with Gasteiger partial charge in [-0.3, -0.25) is 4.90 Å². The van der Waals surface area contributed by atoms with Crippen molar-refractivity contribution in [2.75, 3.05) is 26.2 Å². The molecule has 2 unspecified atom stereocenters. The molecule has 3 fully saturated rings. The van der Waals surface area contributed by atoms with Gasteiger partial charge in [0.15, 0.2) is 0 Å². The van der Waals surface area contributed by atoms with Crippen molar-refractivity contribution in [2.45, 2.75) is 63.2 Å². The Morgan fingerprint density at radius 1 is 1.29 bits per heavy atom. The van der Waals surface area contributed by atoms with Crippen LogP contribution in [0.1, 0.15) is 45.4 Å². The molecule has 3 nitrogen and oxygen atoms in total. The average Bonchev–Trinajstić information content (AvgIpc) is 2.89. The molecule has 3 aliphatic rings. The minimum atomic E-state index is 0.461. The summed E-state index contributed by atoms with van der Waals surface area (Å²) in [4.78, 5) is 2.64. The number of hydrogen-bond acceptors (Lipinski definition) is 3. The van der Waals surface area contributed by atoms with Crippen molar-refractivity contribution in [1.82, 2.24) is 10.2 Å². The highest BCUT2D eigenvalue weighted by Crippen LogP contribution is 2.32. The van der Waals surface area contributed by atoms with Gasteiger partial charge in [-0.05, 0) is 32.6 Å². The molecule has 98 valence electrons. The molecule has 0 aromatic carbocycles. The van der Waals surface area contributed by atoms with E-state index in [1.54, 1.807) is 0 Å². The number of ether oxygens (including phenoxy) is 1. The van der Waals surface area contributed by atoms with Gasteiger partial charge in [0.1, 0.15) is 0 Å². The number of nitrogens with zero attached hydrogens (tertiary/aromatic N) is 1. The minimum absolute atomic E-state index is 0.461. The zero-order valence-electron chi connectivity index (χ0n) is 11.1. The predicted octanol–water partition coefficient (Wildman–Crippen LogP) is 1.77. The first-order valence-electron chi connectivity index (χ1n) is 7.39. The summed E-state index contributed by atoms with van der Waals surface area (Å²) in [5, 5.41) is 3.78. The molecular weight excluding hydrogens is 212 g/mol. The molecule has 0 aromatic heterocycles. The third-order valence-corrected chi connectivity index (χ3v) is 4.80. The van der Waals surface area contributed by atoms with Crippen LogP contribution >= 0.6 is 0 Å². The summed E-state index contributed by atoms with van der Waals surface area (Å²) in [6.45, 7) is 6.99. The van der Waals surface area contributed by atoms with Crippen LogP contribution in [0.2, 0.25) is 0 Å². The molecule has 2 aliphatic heterocycles. The maximum atomic E-state index is 5.95. The van der Waals surface area contributed by atoms with Crippen molar-refractivity contribution < 1.29 is 4.74 Å². The first kappa shape index (κ1) is 11.9. The van der Waals surface area contributed by atoms with E-state index in [2.05, 4.69) is 17.1 Å². The summed E-state index contributed by atoms with van der Waals surface area (Å²) in [6.07, 6.45) is 9.09. The summed E-state index contributed by atoms with van der Waals surface area (Å²) in [6, 6.07) is 0. The van der Waals surface area contributed by atoms with Gasteiger partial charge in [-0.1, -0.05) is 12.8 Å². The highest BCUT2D eigenvalue weighted by atomic mass is 16.5. The van der Waals surface area contributed by atoms with E-state index in [0.29, 0.717) is 17.7 Å². The van der Waals surface area contributed by atoms with Gasteiger partial charge in [0, 0.05) is 31.7 Å². The fourth-order valence-electron chi connectivity index (χ4n) is 3.89. The van der Waals surface area contributed by atoms with Crippen LogP contribution in [-0.2, 0) is 4.74 Å². The summed E-state index contributed by atoms with van der Waals surface area (Å²) >= 11 is 0. The van der Waals surface area contributed by atoms with Crippen LogP contribution in [0.15, 0.2) is 0 Å². The molecular formula is C14H26N2O. The van der Waals surface area contributed by atoms with E-state index in [4.69, 9.17) is 4.74 Å². The Kier molecular flexibility index (Phi) is 3.42. The van der Waals surface area contributed by atoms with Gasteiger partial charge in [0.2, 0.25) is 0 Å². The van der Waals surface area contributed by atoms with E-state index in [1.807, 2.05) is 0 Å². The lowest BCUT2D eigenvalue weighted by molar-refractivity contribution is 0.0174. The van der Waals surface area contributed by atoms with E-state index in [1.165, 1.54) is 58.2 Å². The van der Waals surface area contributed by atoms with Crippen LogP contribution in [0, 0.1) is 0 Å². The number of rotatable bonds is 2. The van der Waals surface area contributed by atoms with Crippen molar-refractivity contribution in [2.24, 2.45) is 0 Å². The van der Waals surface area contributed by atoms with Gasteiger partial charge in [0.05, 0.1) is 12.2 Å². The van der Waals surface area contributed by atoms with Crippen molar-refractivity contribution in [3.8, 4) is 0 Å². The molecule has 1 spiro atoms. The van der Waals surface area contributed by atoms with Gasteiger partial charge in [-0.15, -0.1) is 0 Å². The summed E-state index contributed by atoms with van der Waals surface area (Å²) < 4.78 is 5.95. The fourth-order valence-corrected chi connectivity index (χ4v) is 3.89. The third kappa shape index (κ3) is 2.67. The quantitative estimate of drug-likeness (QED) is 0.793. The molecule has 2 heterocycles. The minimum Gasteiger partial charge on any atom is -0.374 e. The first-order valence-corrected chi connectivity index (χ1v) is 7.39. The van der Waals surface area contributed by atoms with Crippen LogP contribution < -0.4 is 5.32 Å². The lowest BCUT2D eigenvalue weighted by atomic mass is 9.94. The van der Waals surface area contributed by atoms with Crippen LogP contribution in [0.5, 0.6) is 0 Å². The predicted molar refractivity (Wildman–Crippen MR) is 69.2 cm³/mol. The SMILES string of the molecule is CC1CCC(CN2CCNC3(CCCC3)C2)O1. The molecule has 1 aliphatic carbocycles. The van der Waals surface area contributed by atoms with Crippen LogP contribution in [0.3, 0.4) is 0 Å². The lowest BCUT2D eigenvalue weighted by Gasteiger charge is -2.42. The maximum Gasteiger partial charge on any atom is 0.0706 e. The zero-order valence-corrected chi connectivity index (χ0v) is 11.1. The second kappa shape index (κ2) is 4.87. The Labute approximate surface area is 105 Å². The molecule has 0 bridgehead atoms. The number of piperazine rings is 1. The molecule has 1 N–H and O–H groups in total. The van der Waals surface area contributed by atoms with E-state index in [9.17, 15) is 0 Å². The zero-order chi connectivity index (χ0) is 11.7. The Morgan fingerprint density at radius 2 is 2.12 bits per heavy atom. The van der Waals surface area contributed by atoms with Gasteiger partial charge < -0.3 is 10.1 Å². The second-order valence-electron chi connectivity index (χ2n) is 6.30. The first-order chi connectivity index (χ1) is 8.26. The van der Waals surface area contributed by atoms with Gasteiger partial charge in [-0.25, -0.2) is 0 Å². The van der Waals surface area contributed by atoms with Crippen LogP contribution in [0.4, 0.5) is 0 Å². The summed E-state index contributed by atoms with van der Waals surface area (Å²) in [5.74, 6) is 0. The molecule has 2 atom stereocenters. The van der Waals surface area contributed by atoms with Crippen LogP contribution in [0.25, 0.3) is 0 Å². The Hall–Kier alpha value is -0.120. The standard InChI is InChI=1S/C14H26N2O/c1-12-4-5-13(17-12)10-16-9-8-15-14(11-16)6-2-3-7-14/h12-13,15H,2-11H2,1H3. The van der Waals surface area contributed by atoms with Gasteiger partial charge >= 0.3 is 0 Å². The molecule has 1 saturated carbocycles. The van der Waals surface area contributed by atoms with E-state index in [-0.39, 0.29) is 0 Å².